The molecule has 0 saturated heterocycles. The number of carbonyl (C=O) groups is 2. The average molecular weight is 240 g/mol. The summed E-state index contributed by atoms with van der Waals surface area (Å²) in [5.41, 5.74) is 5.61. The number of H-pyrrole nitrogens is 1. The van der Waals surface area contributed by atoms with E-state index >= 15 is 0 Å². The maximum Gasteiger partial charge on any atom is 0.303 e. The summed E-state index contributed by atoms with van der Waals surface area (Å²) in [5.74, 6) is -0.587. The minimum Gasteiger partial charge on any atom is -0.481 e. The van der Waals surface area contributed by atoms with Gasteiger partial charge in [0.1, 0.15) is 5.82 Å². The van der Waals surface area contributed by atoms with E-state index < -0.39 is 12.0 Å². The molecule has 7 nitrogen and oxygen atoms in total. The lowest BCUT2D eigenvalue weighted by atomic mass is 10.1. The van der Waals surface area contributed by atoms with E-state index in [2.05, 4.69) is 9.97 Å². The van der Waals surface area contributed by atoms with Crippen LogP contribution in [0.4, 0.5) is 0 Å². The van der Waals surface area contributed by atoms with Crippen molar-refractivity contribution in [3.05, 3.63) is 18.2 Å². The summed E-state index contributed by atoms with van der Waals surface area (Å²) in [6.45, 7) is 0.326. The van der Waals surface area contributed by atoms with Crippen molar-refractivity contribution in [1.29, 1.82) is 0 Å². The molecule has 17 heavy (non-hydrogen) atoms. The number of hydrogen-bond acceptors (Lipinski definition) is 4. The SMILES string of the molecule is CN(Cc1ncc[nH]1)C(=O)C(N)CCC(=O)O. The highest BCUT2D eigenvalue weighted by Crippen LogP contribution is 2.02. The smallest absolute Gasteiger partial charge is 0.303 e. The molecule has 0 spiro atoms. The van der Waals surface area contributed by atoms with E-state index in [1.165, 1.54) is 4.90 Å². The van der Waals surface area contributed by atoms with Crippen molar-refractivity contribution in [2.45, 2.75) is 25.4 Å². The van der Waals surface area contributed by atoms with Gasteiger partial charge in [-0.2, -0.15) is 0 Å². The number of aromatic nitrogens is 2. The van der Waals surface area contributed by atoms with E-state index in [1.807, 2.05) is 0 Å². The number of likely N-dealkylation sites (N-methyl/N-ethyl adjacent to an activating group) is 1. The Morgan fingerprint density at radius 3 is 2.88 bits per heavy atom. The second-order valence-corrected chi connectivity index (χ2v) is 3.77. The van der Waals surface area contributed by atoms with Gasteiger partial charge in [-0.1, -0.05) is 0 Å². The van der Waals surface area contributed by atoms with E-state index in [-0.39, 0.29) is 18.7 Å². The van der Waals surface area contributed by atoms with Gasteiger partial charge in [-0.25, -0.2) is 4.98 Å². The van der Waals surface area contributed by atoms with Crippen LogP contribution in [-0.4, -0.2) is 44.9 Å². The molecular weight excluding hydrogens is 224 g/mol. The van der Waals surface area contributed by atoms with Gasteiger partial charge in [0.15, 0.2) is 0 Å². The van der Waals surface area contributed by atoms with Crippen molar-refractivity contribution < 1.29 is 14.7 Å². The molecule has 1 unspecified atom stereocenters. The summed E-state index contributed by atoms with van der Waals surface area (Å²) in [5, 5.41) is 8.49. The number of nitrogens with two attached hydrogens (primary N) is 1. The Labute approximate surface area is 98.6 Å². The van der Waals surface area contributed by atoms with Crippen LogP contribution in [0.3, 0.4) is 0 Å². The van der Waals surface area contributed by atoms with Crippen LogP contribution in [0, 0.1) is 0 Å². The van der Waals surface area contributed by atoms with E-state index in [1.54, 1.807) is 19.4 Å². The average Bonchev–Trinajstić information content (AvgIpc) is 2.77. The van der Waals surface area contributed by atoms with Crippen LogP contribution in [0.25, 0.3) is 0 Å². The molecule has 4 N–H and O–H groups in total. The first kappa shape index (κ1) is 13.2. The third-order valence-electron chi connectivity index (χ3n) is 2.30. The molecule has 0 aliphatic rings. The van der Waals surface area contributed by atoms with Crippen molar-refractivity contribution in [3.8, 4) is 0 Å². The molecule has 1 aromatic rings. The monoisotopic (exact) mass is 240 g/mol. The minimum atomic E-state index is -0.957. The van der Waals surface area contributed by atoms with Crippen LogP contribution >= 0.6 is 0 Å². The van der Waals surface area contributed by atoms with Gasteiger partial charge < -0.3 is 20.7 Å². The van der Waals surface area contributed by atoms with Crippen LogP contribution in [0.2, 0.25) is 0 Å². The lowest BCUT2D eigenvalue weighted by Gasteiger charge is -2.19. The van der Waals surface area contributed by atoms with Crippen molar-refractivity contribution in [1.82, 2.24) is 14.9 Å². The van der Waals surface area contributed by atoms with Gasteiger partial charge in [0.05, 0.1) is 12.6 Å². The van der Waals surface area contributed by atoms with E-state index in [0.717, 1.165) is 0 Å². The van der Waals surface area contributed by atoms with Gasteiger partial charge in [0, 0.05) is 25.9 Å². The molecule has 1 heterocycles. The van der Waals surface area contributed by atoms with Gasteiger partial charge in [-0.3, -0.25) is 9.59 Å². The molecule has 1 atom stereocenters. The highest BCUT2D eigenvalue weighted by molar-refractivity contribution is 5.82. The van der Waals surface area contributed by atoms with Gasteiger partial charge in [-0.05, 0) is 6.42 Å². The summed E-state index contributed by atoms with van der Waals surface area (Å²) >= 11 is 0. The van der Waals surface area contributed by atoms with E-state index in [9.17, 15) is 9.59 Å². The molecule has 0 fully saturated rings. The molecule has 0 aliphatic heterocycles. The highest BCUT2D eigenvalue weighted by Gasteiger charge is 2.19. The Kier molecular flexibility index (Phi) is 4.65. The van der Waals surface area contributed by atoms with Gasteiger partial charge in [-0.15, -0.1) is 0 Å². The molecule has 0 aliphatic carbocycles. The molecular formula is C10H16N4O3. The molecule has 0 radical (unpaired) electrons. The maximum absolute atomic E-state index is 11.7. The fourth-order valence-corrected chi connectivity index (χ4v) is 1.37. The lowest BCUT2D eigenvalue weighted by Crippen LogP contribution is -2.41. The maximum atomic E-state index is 11.7. The van der Waals surface area contributed by atoms with Crippen LogP contribution in [0.5, 0.6) is 0 Å². The molecule has 1 amide bonds. The number of nitrogens with zero attached hydrogens (tertiary/aromatic N) is 2. The Morgan fingerprint density at radius 1 is 1.65 bits per heavy atom. The Hall–Kier alpha value is -1.89. The summed E-state index contributed by atoms with van der Waals surface area (Å²) < 4.78 is 0. The number of imidazole rings is 1. The standard InChI is InChI=1S/C10H16N4O3/c1-14(6-8-12-4-5-13-8)10(17)7(11)2-3-9(15)16/h4-5,7H,2-3,6,11H2,1H3,(H,12,13)(H,15,16). The van der Waals surface area contributed by atoms with Crippen LogP contribution in [0.15, 0.2) is 12.4 Å². The number of aliphatic carboxylic acids is 1. The number of nitrogens with one attached hydrogen (secondary N) is 1. The van der Waals surface area contributed by atoms with Gasteiger partial charge in [0.2, 0.25) is 5.91 Å². The minimum absolute atomic E-state index is 0.110. The summed E-state index contributed by atoms with van der Waals surface area (Å²) in [6, 6.07) is -0.786. The Balaban J connectivity index is 2.42. The first-order valence-corrected chi connectivity index (χ1v) is 5.21. The zero-order valence-corrected chi connectivity index (χ0v) is 9.59. The molecule has 0 bridgehead atoms. The molecule has 0 aromatic carbocycles. The second kappa shape index (κ2) is 6.00. The van der Waals surface area contributed by atoms with Crippen molar-refractivity contribution in [2.24, 2.45) is 5.73 Å². The van der Waals surface area contributed by atoms with Gasteiger partial charge in [0.25, 0.3) is 0 Å². The quantitative estimate of drug-likeness (QED) is 0.624. The molecule has 1 aromatic heterocycles. The zero-order valence-electron chi connectivity index (χ0n) is 9.59. The fraction of sp³-hybridized carbons (Fsp3) is 0.500. The Morgan fingerprint density at radius 2 is 2.35 bits per heavy atom. The predicted octanol–water partition coefficient (Wildman–Crippen LogP) is -0.440. The predicted molar refractivity (Wildman–Crippen MR) is 59.9 cm³/mol. The third kappa shape index (κ3) is 4.23. The summed E-state index contributed by atoms with van der Waals surface area (Å²) in [6.07, 6.45) is 3.29. The number of amides is 1. The number of aromatic amines is 1. The Bertz CT molecular complexity index is 377. The number of carbonyl (C=O) groups excluding carboxylic acids is 1. The van der Waals surface area contributed by atoms with E-state index in [0.29, 0.717) is 12.4 Å². The lowest BCUT2D eigenvalue weighted by molar-refractivity contribution is -0.137. The first-order valence-electron chi connectivity index (χ1n) is 5.21. The topological polar surface area (TPSA) is 112 Å². The molecule has 1 rings (SSSR count). The summed E-state index contributed by atoms with van der Waals surface area (Å²) in [7, 11) is 1.60. The van der Waals surface area contributed by atoms with Crippen molar-refractivity contribution in [3.63, 3.8) is 0 Å². The fourth-order valence-electron chi connectivity index (χ4n) is 1.37. The number of carboxylic acid groups (broad SMARTS) is 1. The van der Waals surface area contributed by atoms with Gasteiger partial charge >= 0.3 is 5.97 Å². The molecule has 0 saturated carbocycles. The number of hydrogen-bond donors (Lipinski definition) is 3. The second-order valence-electron chi connectivity index (χ2n) is 3.77. The normalized spacial score (nSPS) is 12.1. The zero-order chi connectivity index (χ0) is 12.8. The van der Waals surface area contributed by atoms with Crippen molar-refractivity contribution >= 4 is 11.9 Å². The van der Waals surface area contributed by atoms with Crippen LogP contribution in [-0.2, 0) is 16.1 Å². The van der Waals surface area contributed by atoms with E-state index in [4.69, 9.17) is 10.8 Å². The first-order chi connectivity index (χ1) is 8.00. The van der Waals surface area contributed by atoms with Crippen LogP contribution in [0.1, 0.15) is 18.7 Å². The summed E-state index contributed by atoms with van der Waals surface area (Å²) in [4.78, 5) is 30.4. The highest BCUT2D eigenvalue weighted by atomic mass is 16.4. The van der Waals surface area contributed by atoms with Crippen molar-refractivity contribution in [2.75, 3.05) is 7.05 Å². The number of carboxylic acids is 1. The third-order valence-corrected chi connectivity index (χ3v) is 2.30. The van der Waals surface area contributed by atoms with Crippen LogP contribution < -0.4 is 5.73 Å². The molecule has 7 heteroatoms. The number of rotatable bonds is 6. The molecule has 94 valence electrons. The largest absolute Gasteiger partial charge is 0.481 e.